The van der Waals surface area contributed by atoms with E-state index in [9.17, 15) is 9.59 Å². The Balaban J connectivity index is 5.27. The molecule has 0 fully saturated rings. The van der Waals surface area contributed by atoms with Gasteiger partial charge >= 0.3 is 12.2 Å². The third kappa shape index (κ3) is 7.85. The van der Waals surface area contributed by atoms with E-state index in [0.717, 1.165) is 4.90 Å². The predicted molar refractivity (Wildman–Crippen MR) is 85.7 cm³/mol. The van der Waals surface area contributed by atoms with Gasteiger partial charge in [0.05, 0.1) is 0 Å². The largest absolute Gasteiger partial charge is 0.443 e. The number of hydrogen-bond donors (Lipinski definition) is 1. The van der Waals surface area contributed by atoms with Gasteiger partial charge in [0.2, 0.25) is 5.96 Å². The highest BCUT2D eigenvalue weighted by Gasteiger charge is 2.29. The fourth-order valence-electron chi connectivity index (χ4n) is 1.43. The van der Waals surface area contributed by atoms with E-state index in [1.165, 1.54) is 0 Å². The van der Waals surface area contributed by atoms with Gasteiger partial charge in [-0.1, -0.05) is 6.92 Å². The van der Waals surface area contributed by atoms with Gasteiger partial charge in [0, 0.05) is 6.04 Å². The Hall–Kier alpha value is -1.79. The first-order chi connectivity index (χ1) is 9.76. The molecule has 0 spiro atoms. The van der Waals surface area contributed by atoms with Gasteiger partial charge in [-0.25, -0.2) is 14.5 Å². The predicted octanol–water partition coefficient (Wildman–Crippen LogP) is 3.27. The summed E-state index contributed by atoms with van der Waals surface area (Å²) in [6.07, 6.45) is -0.863. The number of ether oxygens (including phenoxy) is 2. The van der Waals surface area contributed by atoms with Gasteiger partial charge in [0.25, 0.3) is 0 Å². The van der Waals surface area contributed by atoms with Crippen molar-refractivity contribution in [2.75, 3.05) is 0 Å². The molecule has 0 bridgehead atoms. The Morgan fingerprint density at radius 2 is 1.55 bits per heavy atom. The van der Waals surface area contributed by atoms with Crippen LogP contribution in [0.5, 0.6) is 0 Å². The molecular formula is C15H29N3O4. The van der Waals surface area contributed by atoms with E-state index in [-0.39, 0.29) is 12.0 Å². The summed E-state index contributed by atoms with van der Waals surface area (Å²) in [6.45, 7) is 14.1. The third-order valence-electron chi connectivity index (χ3n) is 2.47. The number of rotatable bonds is 2. The van der Waals surface area contributed by atoms with Crippen LogP contribution in [0.1, 0.15) is 61.8 Å². The molecule has 2 N–H and O–H groups in total. The molecule has 0 aliphatic carbocycles. The molecule has 7 heteroatoms. The zero-order valence-electron chi connectivity index (χ0n) is 14.9. The highest BCUT2D eigenvalue weighted by atomic mass is 16.6. The first kappa shape index (κ1) is 20.2. The first-order valence-corrected chi connectivity index (χ1v) is 7.36. The van der Waals surface area contributed by atoms with Crippen LogP contribution in [0, 0.1) is 0 Å². The molecule has 7 nitrogen and oxygen atoms in total. The minimum atomic E-state index is -0.845. The van der Waals surface area contributed by atoms with Crippen molar-refractivity contribution in [3.63, 3.8) is 0 Å². The molecule has 1 atom stereocenters. The maximum atomic E-state index is 12.3. The lowest BCUT2D eigenvalue weighted by atomic mass is 10.2. The van der Waals surface area contributed by atoms with Crippen LogP contribution in [0.3, 0.4) is 0 Å². The molecule has 128 valence electrons. The van der Waals surface area contributed by atoms with Crippen molar-refractivity contribution in [1.29, 1.82) is 0 Å². The number of amides is 2. The molecular weight excluding hydrogens is 286 g/mol. The Kier molecular flexibility index (Phi) is 6.86. The molecule has 2 amide bonds. The Bertz CT molecular complexity index is 433. The van der Waals surface area contributed by atoms with E-state index in [0.29, 0.717) is 6.42 Å². The average molecular weight is 315 g/mol. The SMILES string of the molecule is CC[C@H](C)N(C(=O)OC(C)(C)C)/C(N)=N/C(=O)OC(C)(C)C. The summed E-state index contributed by atoms with van der Waals surface area (Å²) in [5.74, 6) is -0.238. The van der Waals surface area contributed by atoms with Crippen molar-refractivity contribution >= 4 is 18.1 Å². The molecule has 0 rings (SSSR count). The molecule has 0 aromatic rings. The second kappa shape index (κ2) is 7.47. The highest BCUT2D eigenvalue weighted by molar-refractivity contribution is 5.98. The third-order valence-corrected chi connectivity index (χ3v) is 2.47. The van der Waals surface area contributed by atoms with Gasteiger partial charge < -0.3 is 15.2 Å². The van der Waals surface area contributed by atoms with Gasteiger partial charge in [-0.15, -0.1) is 4.99 Å². The molecule has 0 aliphatic rings. The van der Waals surface area contributed by atoms with Crippen LogP contribution in [0.2, 0.25) is 0 Å². The van der Waals surface area contributed by atoms with E-state index in [4.69, 9.17) is 15.2 Å². The fraction of sp³-hybridized carbons (Fsp3) is 0.800. The maximum absolute atomic E-state index is 12.3. The Morgan fingerprint density at radius 1 is 1.09 bits per heavy atom. The molecule has 0 radical (unpaired) electrons. The molecule has 22 heavy (non-hydrogen) atoms. The van der Waals surface area contributed by atoms with Crippen molar-refractivity contribution in [2.45, 2.75) is 79.1 Å². The summed E-state index contributed by atoms with van der Waals surface area (Å²) < 4.78 is 10.4. The van der Waals surface area contributed by atoms with Crippen LogP contribution in [-0.4, -0.2) is 40.3 Å². The van der Waals surface area contributed by atoms with Crippen molar-refractivity contribution in [2.24, 2.45) is 10.7 Å². The number of nitrogens with zero attached hydrogens (tertiary/aromatic N) is 2. The number of guanidine groups is 1. The summed E-state index contributed by atoms with van der Waals surface area (Å²) in [5, 5.41) is 0. The number of hydrogen-bond acceptors (Lipinski definition) is 4. The van der Waals surface area contributed by atoms with Crippen LogP contribution in [0.15, 0.2) is 4.99 Å². The van der Waals surface area contributed by atoms with Gasteiger partial charge in [0.1, 0.15) is 11.2 Å². The lowest BCUT2D eigenvalue weighted by Gasteiger charge is -2.30. The van der Waals surface area contributed by atoms with Crippen molar-refractivity contribution < 1.29 is 19.1 Å². The van der Waals surface area contributed by atoms with Crippen LogP contribution in [-0.2, 0) is 9.47 Å². The van der Waals surface area contributed by atoms with E-state index < -0.39 is 23.4 Å². The van der Waals surface area contributed by atoms with Crippen LogP contribution in [0.4, 0.5) is 9.59 Å². The van der Waals surface area contributed by atoms with Gasteiger partial charge in [-0.05, 0) is 54.9 Å². The zero-order chi connectivity index (χ0) is 17.7. The number of carbonyl (C=O) groups excluding carboxylic acids is 2. The second-order valence-electron chi connectivity index (χ2n) is 7.06. The molecule has 0 aliphatic heterocycles. The average Bonchev–Trinajstić information content (AvgIpc) is 2.22. The smallest absolute Gasteiger partial charge is 0.437 e. The van der Waals surface area contributed by atoms with E-state index in [1.54, 1.807) is 48.5 Å². The first-order valence-electron chi connectivity index (χ1n) is 7.36. The lowest BCUT2D eigenvalue weighted by molar-refractivity contribution is 0.0316. The quantitative estimate of drug-likeness (QED) is 0.623. The van der Waals surface area contributed by atoms with E-state index in [1.807, 2.05) is 6.92 Å². The molecule has 0 saturated carbocycles. The van der Waals surface area contributed by atoms with Crippen molar-refractivity contribution in [3.8, 4) is 0 Å². The lowest BCUT2D eigenvalue weighted by Crippen LogP contribution is -2.49. The van der Waals surface area contributed by atoms with Crippen LogP contribution in [0.25, 0.3) is 0 Å². The number of aliphatic imine (C=N–C) groups is 1. The Labute approximate surface area is 132 Å². The summed E-state index contributed by atoms with van der Waals surface area (Å²) in [7, 11) is 0. The van der Waals surface area contributed by atoms with Crippen molar-refractivity contribution in [1.82, 2.24) is 4.90 Å². The molecule has 0 heterocycles. The Morgan fingerprint density at radius 3 is 1.91 bits per heavy atom. The number of nitrogens with two attached hydrogens (primary N) is 1. The van der Waals surface area contributed by atoms with E-state index in [2.05, 4.69) is 4.99 Å². The zero-order valence-corrected chi connectivity index (χ0v) is 14.9. The molecule has 0 unspecified atom stereocenters. The second-order valence-corrected chi connectivity index (χ2v) is 7.06. The standard InChI is InChI=1S/C15H29N3O4/c1-9-10(2)18(13(20)22-15(6,7)8)11(16)17-12(19)21-14(3,4)5/h10H,9H2,1-8H3,(H2,16,17,19)/t10-/m0/s1. The highest BCUT2D eigenvalue weighted by Crippen LogP contribution is 2.14. The summed E-state index contributed by atoms with van der Waals surface area (Å²) in [6, 6.07) is -0.263. The summed E-state index contributed by atoms with van der Waals surface area (Å²) in [5.41, 5.74) is 4.45. The fourth-order valence-corrected chi connectivity index (χ4v) is 1.43. The van der Waals surface area contributed by atoms with Crippen LogP contribution >= 0.6 is 0 Å². The minimum absolute atomic E-state index is 0.238. The number of carbonyl (C=O) groups is 2. The molecule has 0 aromatic carbocycles. The monoisotopic (exact) mass is 315 g/mol. The topological polar surface area (TPSA) is 94.2 Å². The van der Waals surface area contributed by atoms with Crippen molar-refractivity contribution in [3.05, 3.63) is 0 Å². The molecule has 0 saturated heterocycles. The normalized spacial score (nSPS) is 14.3. The molecule has 0 aromatic heterocycles. The van der Waals surface area contributed by atoms with Gasteiger partial charge in [-0.3, -0.25) is 0 Å². The summed E-state index contributed by atoms with van der Waals surface area (Å²) >= 11 is 0. The van der Waals surface area contributed by atoms with Gasteiger partial charge in [-0.2, -0.15) is 0 Å². The maximum Gasteiger partial charge on any atom is 0.437 e. The minimum Gasteiger partial charge on any atom is -0.443 e. The van der Waals surface area contributed by atoms with Gasteiger partial charge in [0.15, 0.2) is 0 Å². The summed E-state index contributed by atoms with van der Waals surface area (Å²) in [4.78, 5) is 28.8. The van der Waals surface area contributed by atoms with Crippen LogP contribution < -0.4 is 5.73 Å². The van der Waals surface area contributed by atoms with E-state index >= 15 is 0 Å².